The van der Waals surface area contributed by atoms with Crippen molar-refractivity contribution < 1.29 is 0 Å². The van der Waals surface area contributed by atoms with Crippen LogP contribution in [0.2, 0.25) is 0 Å². The van der Waals surface area contributed by atoms with Crippen molar-refractivity contribution in [3.05, 3.63) is 48.4 Å². The van der Waals surface area contributed by atoms with Crippen LogP contribution in [0.25, 0.3) is 11.0 Å². The Bertz CT molecular complexity index is 930. The molecule has 0 radical (unpaired) electrons. The number of aromatic nitrogens is 4. The van der Waals surface area contributed by atoms with Gasteiger partial charge >= 0.3 is 0 Å². The summed E-state index contributed by atoms with van der Waals surface area (Å²) in [5.41, 5.74) is 2.11. The van der Waals surface area contributed by atoms with E-state index >= 15 is 0 Å². The highest BCUT2D eigenvalue weighted by atomic mass is 15.3. The molecule has 3 rings (SSSR count). The van der Waals surface area contributed by atoms with Crippen LogP contribution in [0.15, 0.2) is 47.8 Å². The summed E-state index contributed by atoms with van der Waals surface area (Å²) >= 11 is 0. The van der Waals surface area contributed by atoms with Crippen molar-refractivity contribution >= 4 is 22.8 Å². The average Bonchev–Trinajstić information content (AvgIpc) is 3.10. The lowest BCUT2D eigenvalue weighted by molar-refractivity contribution is 0.509. The maximum Gasteiger partial charge on any atom is 0.191 e. The van der Waals surface area contributed by atoms with E-state index in [2.05, 4.69) is 74.1 Å². The molecule has 0 unspecified atom stereocenters. The molecule has 0 aliphatic carbocycles. The first kappa shape index (κ1) is 19.6. The summed E-state index contributed by atoms with van der Waals surface area (Å²) in [5, 5.41) is 15.2. The van der Waals surface area contributed by atoms with Crippen LogP contribution in [0.3, 0.4) is 0 Å². The molecule has 0 saturated heterocycles. The van der Waals surface area contributed by atoms with Gasteiger partial charge in [0.05, 0.1) is 11.6 Å². The Hall–Kier alpha value is -3.16. The number of benzene rings is 1. The first-order valence-corrected chi connectivity index (χ1v) is 9.38. The minimum absolute atomic E-state index is 0.00397. The van der Waals surface area contributed by atoms with Crippen LogP contribution in [0.1, 0.15) is 19.4 Å². The molecule has 0 bridgehead atoms. The Labute approximate surface area is 165 Å². The minimum Gasteiger partial charge on any atom is -0.368 e. The van der Waals surface area contributed by atoms with Crippen LogP contribution >= 0.6 is 0 Å². The number of aryl methyl sites for hydroxylation is 1. The van der Waals surface area contributed by atoms with Crippen LogP contribution in [0.4, 0.5) is 5.82 Å². The number of nitrogens with zero attached hydrogens (tertiary/aromatic N) is 5. The molecule has 28 heavy (non-hydrogen) atoms. The summed E-state index contributed by atoms with van der Waals surface area (Å²) in [6.07, 6.45) is 3.32. The van der Waals surface area contributed by atoms with Gasteiger partial charge < -0.3 is 16.0 Å². The topological polar surface area (TPSA) is 92.1 Å². The van der Waals surface area contributed by atoms with Crippen molar-refractivity contribution in [3.8, 4) is 0 Å². The smallest absolute Gasteiger partial charge is 0.191 e. The molecule has 0 amide bonds. The molecule has 8 heteroatoms. The van der Waals surface area contributed by atoms with E-state index in [1.165, 1.54) is 5.56 Å². The number of anilines is 1. The fourth-order valence-electron chi connectivity index (χ4n) is 2.98. The average molecular weight is 381 g/mol. The molecule has 1 aromatic carbocycles. The number of nitrogens with one attached hydrogen (secondary N) is 3. The maximum absolute atomic E-state index is 4.31. The number of hydrogen-bond donors (Lipinski definition) is 3. The largest absolute Gasteiger partial charge is 0.368 e. The molecule has 148 valence electrons. The van der Waals surface area contributed by atoms with Gasteiger partial charge in [-0.25, -0.2) is 9.97 Å². The Morgan fingerprint density at radius 2 is 1.89 bits per heavy atom. The standard InChI is InChI=1S/C20H28N8/c1-20(2,15-8-6-5-7-9-15)13-24-19(21-3)23-11-10-22-17-16-12-27-28(4)18(16)26-14-25-17/h5-9,12,14H,10-11,13H2,1-4H3,(H2,21,23,24)(H,22,25,26). The Balaban J connectivity index is 1.48. The molecular formula is C20H28N8. The Morgan fingerprint density at radius 1 is 1.11 bits per heavy atom. The van der Waals surface area contributed by atoms with E-state index in [0.29, 0.717) is 13.1 Å². The Kier molecular flexibility index (Phi) is 6.08. The van der Waals surface area contributed by atoms with Crippen molar-refractivity contribution in [2.45, 2.75) is 19.3 Å². The molecule has 0 saturated carbocycles. The minimum atomic E-state index is 0.00397. The van der Waals surface area contributed by atoms with E-state index in [4.69, 9.17) is 0 Å². The molecule has 0 fully saturated rings. The molecule has 0 atom stereocenters. The van der Waals surface area contributed by atoms with Gasteiger partial charge in [-0.1, -0.05) is 44.2 Å². The second-order valence-corrected chi connectivity index (χ2v) is 7.26. The molecule has 8 nitrogen and oxygen atoms in total. The highest BCUT2D eigenvalue weighted by molar-refractivity contribution is 5.86. The van der Waals surface area contributed by atoms with Gasteiger partial charge in [0.1, 0.15) is 12.1 Å². The van der Waals surface area contributed by atoms with Crippen molar-refractivity contribution in [3.63, 3.8) is 0 Å². The van der Waals surface area contributed by atoms with Crippen molar-refractivity contribution in [2.75, 3.05) is 32.0 Å². The molecular weight excluding hydrogens is 352 g/mol. The fraction of sp³-hybridized carbons (Fsp3) is 0.400. The van der Waals surface area contributed by atoms with E-state index in [9.17, 15) is 0 Å². The van der Waals surface area contributed by atoms with E-state index in [0.717, 1.165) is 29.4 Å². The zero-order valence-electron chi connectivity index (χ0n) is 16.9. The number of aliphatic imine (C=N–C) groups is 1. The summed E-state index contributed by atoms with van der Waals surface area (Å²) in [4.78, 5) is 12.9. The van der Waals surface area contributed by atoms with Crippen LogP contribution in [-0.4, -0.2) is 52.4 Å². The van der Waals surface area contributed by atoms with Gasteiger partial charge in [-0.15, -0.1) is 0 Å². The van der Waals surface area contributed by atoms with Crippen molar-refractivity contribution in [1.82, 2.24) is 30.4 Å². The van der Waals surface area contributed by atoms with Gasteiger partial charge in [0.2, 0.25) is 0 Å². The first-order valence-electron chi connectivity index (χ1n) is 9.38. The molecule has 0 spiro atoms. The maximum atomic E-state index is 4.31. The molecule has 0 aliphatic rings. The lowest BCUT2D eigenvalue weighted by Crippen LogP contribution is -2.44. The fourth-order valence-corrected chi connectivity index (χ4v) is 2.98. The zero-order chi connectivity index (χ0) is 20.0. The lowest BCUT2D eigenvalue weighted by Gasteiger charge is -2.26. The highest BCUT2D eigenvalue weighted by Gasteiger charge is 2.20. The third kappa shape index (κ3) is 4.57. The number of hydrogen-bond acceptors (Lipinski definition) is 5. The monoisotopic (exact) mass is 380 g/mol. The molecule has 3 aromatic rings. The van der Waals surface area contributed by atoms with Crippen LogP contribution in [0, 0.1) is 0 Å². The van der Waals surface area contributed by atoms with Gasteiger partial charge in [0.15, 0.2) is 11.6 Å². The van der Waals surface area contributed by atoms with E-state index in [1.807, 2.05) is 13.1 Å². The molecule has 2 aromatic heterocycles. The third-order valence-electron chi connectivity index (χ3n) is 4.72. The van der Waals surface area contributed by atoms with Crippen LogP contribution < -0.4 is 16.0 Å². The molecule has 0 aliphatic heterocycles. The molecule has 2 heterocycles. The summed E-state index contributed by atoms with van der Waals surface area (Å²) < 4.78 is 1.74. The number of rotatable bonds is 7. The van der Waals surface area contributed by atoms with Crippen LogP contribution in [-0.2, 0) is 12.5 Å². The zero-order valence-corrected chi connectivity index (χ0v) is 16.9. The first-order chi connectivity index (χ1) is 13.5. The van der Waals surface area contributed by atoms with Gasteiger partial charge in [-0.3, -0.25) is 9.67 Å². The van der Waals surface area contributed by atoms with Gasteiger partial charge in [0, 0.05) is 39.1 Å². The predicted molar refractivity (Wildman–Crippen MR) is 114 cm³/mol. The van der Waals surface area contributed by atoms with Crippen molar-refractivity contribution in [2.24, 2.45) is 12.0 Å². The summed E-state index contributed by atoms with van der Waals surface area (Å²) in [5.74, 6) is 1.56. The quantitative estimate of drug-likeness (QED) is 0.329. The second-order valence-electron chi connectivity index (χ2n) is 7.26. The van der Waals surface area contributed by atoms with E-state index in [-0.39, 0.29) is 5.41 Å². The second kappa shape index (κ2) is 8.69. The van der Waals surface area contributed by atoms with E-state index in [1.54, 1.807) is 24.3 Å². The Morgan fingerprint density at radius 3 is 2.64 bits per heavy atom. The van der Waals surface area contributed by atoms with Crippen molar-refractivity contribution in [1.29, 1.82) is 0 Å². The van der Waals surface area contributed by atoms with E-state index < -0.39 is 0 Å². The predicted octanol–water partition coefficient (Wildman–Crippen LogP) is 1.92. The SMILES string of the molecule is CN=C(NCCNc1ncnc2c1cnn2C)NCC(C)(C)c1ccccc1. The number of fused-ring (bicyclic) bond motifs is 1. The summed E-state index contributed by atoms with van der Waals surface area (Å²) in [6.45, 7) is 6.63. The van der Waals surface area contributed by atoms with Crippen LogP contribution in [0.5, 0.6) is 0 Å². The summed E-state index contributed by atoms with van der Waals surface area (Å²) in [6, 6.07) is 10.5. The summed E-state index contributed by atoms with van der Waals surface area (Å²) in [7, 11) is 3.65. The van der Waals surface area contributed by atoms with Gasteiger partial charge in [0.25, 0.3) is 0 Å². The lowest BCUT2D eigenvalue weighted by atomic mass is 9.85. The number of guanidine groups is 1. The molecule has 3 N–H and O–H groups in total. The highest BCUT2D eigenvalue weighted by Crippen LogP contribution is 2.21. The third-order valence-corrected chi connectivity index (χ3v) is 4.72. The van der Waals surface area contributed by atoms with Gasteiger partial charge in [-0.05, 0) is 5.56 Å². The van der Waals surface area contributed by atoms with Gasteiger partial charge in [-0.2, -0.15) is 5.10 Å². The normalized spacial score (nSPS) is 12.2.